The van der Waals surface area contributed by atoms with Crippen molar-refractivity contribution in [2.24, 2.45) is 0 Å². The molecule has 1 saturated heterocycles. The van der Waals surface area contributed by atoms with Crippen LogP contribution in [0.15, 0.2) is 0 Å². The summed E-state index contributed by atoms with van der Waals surface area (Å²) in [5.41, 5.74) is 0. The first-order valence-electron chi connectivity index (χ1n) is 5.14. The summed E-state index contributed by atoms with van der Waals surface area (Å²) in [6.45, 7) is 7.67. The lowest BCUT2D eigenvalue weighted by molar-refractivity contribution is -0.130. The molecule has 3 nitrogen and oxygen atoms in total. The van der Waals surface area contributed by atoms with E-state index in [1.807, 2.05) is 4.90 Å². The predicted molar refractivity (Wildman–Crippen MR) is 53.5 cm³/mol. The maximum Gasteiger partial charge on any atom is 0.236 e. The third-order valence-electron chi connectivity index (χ3n) is 2.53. The van der Waals surface area contributed by atoms with Crippen molar-refractivity contribution < 1.29 is 4.79 Å². The molecule has 76 valence electrons. The lowest BCUT2D eigenvalue weighted by Crippen LogP contribution is -2.41. The summed E-state index contributed by atoms with van der Waals surface area (Å²) in [5.74, 6) is 0.249. The molecule has 1 aliphatic rings. The summed E-state index contributed by atoms with van der Waals surface area (Å²) in [7, 11) is 0. The zero-order valence-electron chi connectivity index (χ0n) is 8.84. The third kappa shape index (κ3) is 2.99. The van der Waals surface area contributed by atoms with Crippen LogP contribution in [-0.2, 0) is 4.79 Å². The molecule has 1 amide bonds. The van der Waals surface area contributed by atoms with Gasteiger partial charge >= 0.3 is 0 Å². The summed E-state index contributed by atoms with van der Waals surface area (Å²) in [6.07, 6.45) is 2.32. The number of rotatable bonds is 3. The van der Waals surface area contributed by atoms with Gasteiger partial charge in [-0.3, -0.25) is 4.79 Å². The second kappa shape index (κ2) is 4.61. The van der Waals surface area contributed by atoms with Crippen molar-refractivity contribution in [1.29, 1.82) is 0 Å². The van der Waals surface area contributed by atoms with Crippen LogP contribution >= 0.6 is 0 Å². The van der Waals surface area contributed by atoms with Gasteiger partial charge in [0.25, 0.3) is 0 Å². The average molecular weight is 184 g/mol. The second-order valence-corrected chi connectivity index (χ2v) is 4.11. The van der Waals surface area contributed by atoms with E-state index in [0.29, 0.717) is 18.6 Å². The monoisotopic (exact) mass is 184 g/mol. The standard InChI is InChI=1S/C10H20N2O/c1-8(2)11-7-10(13)12-6-4-5-9(12)3/h8-9,11H,4-7H2,1-3H3. The highest BCUT2D eigenvalue weighted by molar-refractivity contribution is 5.78. The topological polar surface area (TPSA) is 32.3 Å². The highest BCUT2D eigenvalue weighted by Gasteiger charge is 2.24. The van der Waals surface area contributed by atoms with Gasteiger partial charge in [-0.15, -0.1) is 0 Å². The van der Waals surface area contributed by atoms with Crippen LogP contribution in [0.5, 0.6) is 0 Å². The van der Waals surface area contributed by atoms with Crippen LogP contribution in [0.25, 0.3) is 0 Å². The number of hydrogen-bond donors (Lipinski definition) is 1. The van der Waals surface area contributed by atoms with Crippen LogP contribution in [0.1, 0.15) is 33.6 Å². The van der Waals surface area contributed by atoms with E-state index in [2.05, 4.69) is 26.1 Å². The number of nitrogens with one attached hydrogen (secondary N) is 1. The van der Waals surface area contributed by atoms with E-state index < -0.39 is 0 Å². The SMILES string of the molecule is CC(C)NCC(=O)N1CCCC1C. The Hall–Kier alpha value is -0.570. The van der Waals surface area contributed by atoms with Gasteiger partial charge in [0.05, 0.1) is 6.54 Å². The molecule has 1 aliphatic heterocycles. The molecule has 1 atom stereocenters. The smallest absolute Gasteiger partial charge is 0.236 e. The molecule has 0 radical (unpaired) electrons. The minimum Gasteiger partial charge on any atom is -0.339 e. The van der Waals surface area contributed by atoms with E-state index >= 15 is 0 Å². The summed E-state index contributed by atoms with van der Waals surface area (Å²) >= 11 is 0. The van der Waals surface area contributed by atoms with Crippen molar-refractivity contribution in [2.45, 2.75) is 45.7 Å². The molecule has 1 unspecified atom stereocenters. The van der Waals surface area contributed by atoms with Crippen LogP contribution in [0, 0.1) is 0 Å². The number of hydrogen-bond acceptors (Lipinski definition) is 2. The van der Waals surface area contributed by atoms with Crippen molar-refractivity contribution in [1.82, 2.24) is 10.2 Å². The molecule has 0 aliphatic carbocycles. The fourth-order valence-corrected chi connectivity index (χ4v) is 1.70. The maximum atomic E-state index is 11.6. The van der Waals surface area contributed by atoms with Gasteiger partial charge in [-0.05, 0) is 19.8 Å². The van der Waals surface area contributed by atoms with Gasteiger partial charge in [-0.25, -0.2) is 0 Å². The molecular formula is C10H20N2O. The normalized spacial score (nSPS) is 22.8. The van der Waals surface area contributed by atoms with Gasteiger partial charge in [0.2, 0.25) is 5.91 Å². The van der Waals surface area contributed by atoms with Crippen LogP contribution < -0.4 is 5.32 Å². The number of nitrogens with zero attached hydrogens (tertiary/aromatic N) is 1. The molecule has 0 aromatic heterocycles. The van der Waals surface area contributed by atoms with Crippen molar-refractivity contribution in [3.8, 4) is 0 Å². The van der Waals surface area contributed by atoms with Crippen molar-refractivity contribution in [2.75, 3.05) is 13.1 Å². The highest BCUT2D eigenvalue weighted by Crippen LogP contribution is 2.15. The van der Waals surface area contributed by atoms with Crippen LogP contribution in [0.4, 0.5) is 0 Å². The second-order valence-electron chi connectivity index (χ2n) is 4.11. The van der Waals surface area contributed by atoms with Gasteiger partial charge in [-0.2, -0.15) is 0 Å². The molecule has 1 fully saturated rings. The third-order valence-corrected chi connectivity index (χ3v) is 2.53. The van der Waals surface area contributed by atoms with Gasteiger partial charge in [0.1, 0.15) is 0 Å². The summed E-state index contributed by atoms with van der Waals surface area (Å²) in [6, 6.07) is 0.836. The molecule has 0 aromatic carbocycles. The highest BCUT2D eigenvalue weighted by atomic mass is 16.2. The Morgan fingerprint density at radius 1 is 1.62 bits per heavy atom. The first kappa shape index (κ1) is 10.5. The first-order chi connectivity index (χ1) is 6.11. The molecule has 1 heterocycles. The predicted octanol–water partition coefficient (Wildman–Crippen LogP) is 0.995. The van der Waals surface area contributed by atoms with E-state index in [4.69, 9.17) is 0 Å². The fraction of sp³-hybridized carbons (Fsp3) is 0.900. The van der Waals surface area contributed by atoms with Gasteiger partial charge in [0, 0.05) is 18.6 Å². The lowest BCUT2D eigenvalue weighted by atomic mass is 10.2. The maximum absolute atomic E-state index is 11.6. The van der Waals surface area contributed by atoms with Crippen LogP contribution in [0.2, 0.25) is 0 Å². The van der Waals surface area contributed by atoms with E-state index in [-0.39, 0.29) is 5.91 Å². The first-order valence-corrected chi connectivity index (χ1v) is 5.14. The van der Waals surface area contributed by atoms with E-state index in [9.17, 15) is 4.79 Å². The fourth-order valence-electron chi connectivity index (χ4n) is 1.70. The number of amides is 1. The van der Waals surface area contributed by atoms with Gasteiger partial charge in [-0.1, -0.05) is 13.8 Å². The van der Waals surface area contributed by atoms with Gasteiger partial charge < -0.3 is 10.2 Å². The average Bonchev–Trinajstić information content (AvgIpc) is 2.47. The quantitative estimate of drug-likeness (QED) is 0.709. The molecular weight excluding hydrogens is 164 g/mol. The molecule has 1 N–H and O–H groups in total. The van der Waals surface area contributed by atoms with E-state index in [1.54, 1.807) is 0 Å². The molecule has 0 bridgehead atoms. The number of likely N-dealkylation sites (tertiary alicyclic amines) is 1. The molecule has 0 saturated carbocycles. The summed E-state index contributed by atoms with van der Waals surface area (Å²) in [4.78, 5) is 13.6. The summed E-state index contributed by atoms with van der Waals surface area (Å²) < 4.78 is 0. The Kier molecular flexibility index (Phi) is 3.72. The van der Waals surface area contributed by atoms with Gasteiger partial charge in [0.15, 0.2) is 0 Å². The molecule has 1 rings (SSSR count). The molecule has 0 spiro atoms. The zero-order valence-corrected chi connectivity index (χ0v) is 8.84. The largest absolute Gasteiger partial charge is 0.339 e. The van der Waals surface area contributed by atoms with Crippen molar-refractivity contribution in [3.63, 3.8) is 0 Å². The summed E-state index contributed by atoms with van der Waals surface area (Å²) in [5, 5.41) is 3.15. The van der Waals surface area contributed by atoms with E-state index in [0.717, 1.165) is 19.4 Å². The van der Waals surface area contributed by atoms with E-state index in [1.165, 1.54) is 0 Å². The Bertz CT molecular complexity index is 180. The number of carbonyl (C=O) groups is 1. The lowest BCUT2D eigenvalue weighted by Gasteiger charge is -2.22. The molecule has 3 heteroatoms. The molecule has 0 aromatic rings. The number of carbonyl (C=O) groups excluding carboxylic acids is 1. The Morgan fingerprint density at radius 3 is 2.77 bits per heavy atom. The zero-order chi connectivity index (χ0) is 9.84. The molecule has 13 heavy (non-hydrogen) atoms. The van der Waals surface area contributed by atoms with Crippen LogP contribution in [-0.4, -0.2) is 36.0 Å². The van der Waals surface area contributed by atoms with Crippen LogP contribution in [0.3, 0.4) is 0 Å². The minimum absolute atomic E-state index is 0.249. The van der Waals surface area contributed by atoms with Crippen molar-refractivity contribution >= 4 is 5.91 Å². The Labute approximate surface area is 80.5 Å². The Balaban J connectivity index is 2.30. The van der Waals surface area contributed by atoms with Crippen molar-refractivity contribution in [3.05, 3.63) is 0 Å². The minimum atomic E-state index is 0.249. The Morgan fingerprint density at radius 2 is 2.31 bits per heavy atom.